The molecule has 2 aromatic rings. The van der Waals surface area contributed by atoms with Gasteiger partial charge in [0, 0.05) is 20.0 Å². The Morgan fingerprint density at radius 2 is 1.76 bits per heavy atom. The maximum atomic E-state index is 12.5. The molecular formula is C20H23NO3S. The number of aliphatic hydroxyl groups is 1. The van der Waals surface area contributed by atoms with E-state index in [1.54, 1.807) is 32.3 Å². The van der Waals surface area contributed by atoms with Crippen molar-refractivity contribution in [3.8, 4) is 0 Å². The highest BCUT2D eigenvalue weighted by molar-refractivity contribution is 7.89. The molecule has 1 aliphatic rings. The van der Waals surface area contributed by atoms with Crippen LogP contribution < -0.4 is 0 Å². The molecule has 1 unspecified atom stereocenters. The van der Waals surface area contributed by atoms with Crippen LogP contribution in [0.5, 0.6) is 0 Å². The van der Waals surface area contributed by atoms with Crippen molar-refractivity contribution in [1.29, 1.82) is 0 Å². The number of aryl methyl sites for hydroxylation is 2. The van der Waals surface area contributed by atoms with E-state index in [0.29, 0.717) is 4.90 Å². The summed E-state index contributed by atoms with van der Waals surface area (Å²) in [6.07, 6.45) is 5.49. The number of hydrogen-bond acceptors (Lipinski definition) is 3. The Bertz CT molecular complexity index is 901. The lowest BCUT2D eigenvalue weighted by molar-refractivity contribution is 0.342. The van der Waals surface area contributed by atoms with Gasteiger partial charge in [0.1, 0.15) is 0 Å². The number of fused-ring (bicyclic) bond motifs is 2. The molecule has 25 heavy (non-hydrogen) atoms. The standard InChI is InChI=1S/C20H23NO3S/c1-21(2)25(23,24)17-12-11-16-10-9-15-6-3-4-7-18(15)19(8-5-13-22)20(16)14-17/h3-8,11-12,14,19,22H,9-10,13H2,1-2H3/b8-5-. The van der Waals surface area contributed by atoms with Crippen LogP contribution in [0.3, 0.4) is 0 Å². The van der Waals surface area contributed by atoms with E-state index in [1.807, 2.05) is 24.3 Å². The molecule has 132 valence electrons. The number of hydrogen-bond donors (Lipinski definition) is 1. The molecule has 0 amide bonds. The minimum atomic E-state index is -3.48. The highest BCUT2D eigenvalue weighted by Crippen LogP contribution is 2.36. The monoisotopic (exact) mass is 357 g/mol. The Kier molecular flexibility index (Phi) is 5.08. The van der Waals surface area contributed by atoms with E-state index in [9.17, 15) is 13.5 Å². The summed E-state index contributed by atoms with van der Waals surface area (Å²) < 4.78 is 26.3. The second-order valence-electron chi connectivity index (χ2n) is 6.44. The lowest BCUT2D eigenvalue weighted by Crippen LogP contribution is -2.22. The first-order valence-corrected chi connectivity index (χ1v) is 9.80. The fraction of sp³-hybridized carbons (Fsp3) is 0.300. The summed E-state index contributed by atoms with van der Waals surface area (Å²) in [6, 6.07) is 13.7. The van der Waals surface area contributed by atoms with Crippen molar-refractivity contribution in [3.63, 3.8) is 0 Å². The van der Waals surface area contributed by atoms with Gasteiger partial charge in [0.2, 0.25) is 10.0 Å². The SMILES string of the molecule is CN(C)S(=O)(=O)c1ccc2c(c1)C(/C=C\CO)c1ccccc1CC2. The first-order chi connectivity index (χ1) is 11.9. The third kappa shape index (κ3) is 3.40. The van der Waals surface area contributed by atoms with Gasteiger partial charge in [0.05, 0.1) is 11.5 Å². The molecule has 2 aromatic carbocycles. The first-order valence-electron chi connectivity index (χ1n) is 8.36. The number of benzene rings is 2. The maximum absolute atomic E-state index is 12.5. The number of rotatable bonds is 4. The average Bonchev–Trinajstić information content (AvgIpc) is 2.76. The fourth-order valence-electron chi connectivity index (χ4n) is 3.37. The average molecular weight is 357 g/mol. The minimum Gasteiger partial charge on any atom is -0.392 e. The quantitative estimate of drug-likeness (QED) is 0.856. The predicted octanol–water partition coefficient (Wildman–Crippen LogP) is 2.72. The number of sulfonamides is 1. The zero-order valence-corrected chi connectivity index (χ0v) is 15.3. The van der Waals surface area contributed by atoms with Gasteiger partial charge in [0.25, 0.3) is 0 Å². The van der Waals surface area contributed by atoms with E-state index in [2.05, 4.69) is 12.1 Å². The summed E-state index contributed by atoms with van der Waals surface area (Å²) in [5.74, 6) is -0.0573. The van der Waals surface area contributed by atoms with Crippen LogP contribution in [0.4, 0.5) is 0 Å². The van der Waals surface area contributed by atoms with Gasteiger partial charge in [0.15, 0.2) is 0 Å². The predicted molar refractivity (Wildman–Crippen MR) is 99.2 cm³/mol. The van der Waals surface area contributed by atoms with E-state index in [4.69, 9.17) is 0 Å². The largest absolute Gasteiger partial charge is 0.392 e. The summed E-state index contributed by atoms with van der Waals surface area (Å²) in [6.45, 7) is -0.0380. The Morgan fingerprint density at radius 3 is 2.44 bits per heavy atom. The van der Waals surface area contributed by atoms with E-state index >= 15 is 0 Å². The van der Waals surface area contributed by atoms with Gasteiger partial charge in [-0.3, -0.25) is 0 Å². The van der Waals surface area contributed by atoms with Crippen molar-refractivity contribution < 1.29 is 13.5 Å². The first kappa shape index (κ1) is 17.9. The molecule has 3 rings (SSSR count). The summed E-state index contributed by atoms with van der Waals surface area (Å²) in [4.78, 5) is 0.304. The molecule has 1 aliphatic carbocycles. The fourth-order valence-corrected chi connectivity index (χ4v) is 4.31. The van der Waals surface area contributed by atoms with Gasteiger partial charge >= 0.3 is 0 Å². The van der Waals surface area contributed by atoms with E-state index in [1.165, 1.54) is 15.4 Å². The van der Waals surface area contributed by atoms with Crippen molar-refractivity contribution in [2.45, 2.75) is 23.7 Å². The summed E-state index contributed by atoms with van der Waals surface area (Å²) in [5.41, 5.74) is 4.59. The van der Waals surface area contributed by atoms with Crippen LogP contribution in [-0.4, -0.2) is 38.5 Å². The van der Waals surface area contributed by atoms with Crippen LogP contribution in [0.25, 0.3) is 0 Å². The van der Waals surface area contributed by atoms with Gasteiger partial charge in [-0.1, -0.05) is 42.5 Å². The van der Waals surface area contributed by atoms with Gasteiger partial charge in [-0.05, 0) is 47.2 Å². The van der Waals surface area contributed by atoms with Gasteiger partial charge in [-0.2, -0.15) is 0 Å². The molecule has 0 spiro atoms. The zero-order valence-electron chi connectivity index (χ0n) is 14.5. The Balaban J connectivity index is 2.20. The highest BCUT2D eigenvalue weighted by Gasteiger charge is 2.25. The molecule has 1 atom stereocenters. The van der Waals surface area contributed by atoms with Crippen LogP contribution in [0.1, 0.15) is 28.2 Å². The number of nitrogens with zero attached hydrogens (tertiary/aromatic N) is 1. The van der Waals surface area contributed by atoms with Crippen LogP contribution in [0.15, 0.2) is 59.5 Å². The van der Waals surface area contributed by atoms with Gasteiger partial charge in [-0.15, -0.1) is 0 Å². The number of allylic oxidation sites excluding steroid dienone is 1. The molecule has 5 heteroatoms. The lowest BCUT2D eigenvalue weighted by Gasteiger charge is -2.19. The van der Waals surface area contributed by atoms with E-state index in [-0.39, 0.29) is 12.5 Å². The molecule has 4 nitrogen and oxygen atoms in total. The van der Waals surface area contributed by atoms with Crippen LogP contribution in [0.2, 0.25) is 0 Å². The van der Waals surface area contributed by atoms with Crippen LogP contribution in [-0.2, 0) is 22.9 Å². The smallest absolute Gasteiger partial charge is 0.242 e. The maximum Gasteiger partial charge on any atom is 0.242 e. The Labute approximate surface area is 149 Å². The molecule has 0 radical (unpaired) electrons. The van der Waals surface area contributed by atoms with Gasteiger partial charge < -0.3 is 5.11 Å². The topological polar surface area (TPSA) is 57.6 Å². The molecule has 0 heterocycles. The Morgan fingerprint density at radius 1 is 1.08 bits per heavy atom. The second kappa shape index (κ2) is 7.12. The molecule has 0 saturated heterocycles. The van der Waals surface area contributed by atoms with Crippen molar-refractivity contribution in [3.05, 3.63) is 76.9 Å². The highest BCUT2D eigenvalue weighted by atomic mass is 32.2. The van der Waals surface area contributed by atoms with Crippen molar-refractivity contribution >= 4 is 10.0 Å². The normalized spacial score (nSPS) is 17.4. The molecule has 0 bridgehead atoms. The molecule has 0 aromatic heterocycles. The van der Waals surface area contributed by atoms with Crippen molar-refractivity contribution in [2.24, 2.45) is 0 Å². The van der Waals surface area contributed by atoms with E-state index in [0.717, 1.165) is 24.0 Å². The molecular weight excluding hydrogens is 334 g/mol. The van der Waals surface area contributed by atoms with Crippen LogP contribution in [0, 0.1) is 0 Å². The third-order valence-electron chi connectivity index (χ3n) is 4.72. The molecule has 0 aliphatic heterocycles. The van der Waals surface area contributed by atoms with Gasteiger partial charge in [-0.25, -0.2) is 12.7 Å². The summed E-state index contributed by atoms with van der Waals surface area (Å²) in [7, 11) is -0.401. The summed E-state index contributed by atoms with van der Waals surface area (Å²) in [5, 5.41) is 9.23. The number of aliphatic hydroxyl groups excluding tert-OH is 1. The molecule has 1 N–H and O–H groups in total. The third-order valence-corrected chi connectivity index (χ3v) is 6.53. The van der Waals surface area contributed by atoms with Crippen molar-refractivity contribution in [2.75, 3.05) is 20.7 Å². The summed E-state index contributed by atoms with van der Waals surface area (Å²) >= 11 is 0. The Hall–Kier alpha value is -1.95. The van der Waals surface area contributed by atoms with Crippen molar-refractivity contribution in [1.82, 2.24) is 4.31 Å². The zero-order chi connectivity index (χ0) is 18.0. The second-order valence-corrected chi connectivity index (χ2v) is 8.59. The molecule has 0 fully saturated rings. The van der Waals surface area contributed by atoms with Crippen LogP contribution >= 0.6 is 0 Å². The minimum absolute atomic E-state index is 0.0380. The lowest BCUT2D eigenvalue weighted by atomic mass is 9.88. The van der Waals surface area contributed by atoms with E-state index < -0.39 is 10.0 Å². The molecule has 0 saturated carbocycles.